The third kappa shape index (κ3) is 2.41. The lowest BCUT2D eigenvalue weighted by molar-refractivity contribution is -0.392. The summed E-state index contributed by atoms with van der Waals surface area (Å²) in [6, 6.07) is 2.31. The maximum absolute atomic E-state index is 10.9. The van der Waals surface area contributed by atoms with Crippen molar-refractivity contribution in [2.24, 2.45) is 0 Å². The molecule has 0 bridgehead atoms. The minimum absolute atomic E-state index is 0.0548. The summed E-state index contributed by atoms with van der Waals surface area (Å²) in [5, 5.41) is 21.7. The van der Waals surface area contributed by atoms with E-state index in [0.29, 0.717) is 0 Å². The van der Waals surface area contributed by atoms with Crippen molar-refractivity contribution in [2.75, 3.05) is 26.1 Å². The number of ether oxygens (including phenoxy) is 1. The van der Waals surface area contributed by atoms with Crippen LogP contribution in [0.2, 0.25) is 0 Å². The molecule has 0 saturated carbocycles. The first kappa shape index (κ1) is 12.7. The van der Waals surface area contributed by atoms with E-state index in [1.54, 1.807) is 0 Å². The standard InChI is InChI=1S/C9H11N3O5/c1-10(2)9-7(11(13)14)4-6(17-3)5-8(9)12(15)16/h4-5H,1-3H3. The molecule has 0 fully saturated rings. The van der Waals surface area contributed by atoms with Crippen molar-refractivity contribution in [1.29, 1.82) is 0 Å². The fraction of sp³-hybridized carbons (Fsp3) is 0.333. The topological polar surface area (TPSA) is 98.8 Å². The SMILES string of the molecule is COc1cc([N+](=O)[O-])c(N(C)C)c([N+](=O)[O-])c1. The summed E-state index contributed by atoms with van der Waals surface area (Å²) in [6.07, 6.45) is 0. The molecule has 0 aliphatic rings. The summed E-state index contributed by atoms with van der Waals surface area (Å²) in [4.78, 5) is 21.7. The van der Waals surface area contributed by atoms with E-state index in [1.165, 1.54) is 26.1 Å². The number of nitro benzene ring substituents is 2. The van der Waals surface area contributed by atoms with E-state index in [9.17, 15) is 20.2 Å². The fourth-order valence-electron chi connectivity index (χ4n) is 1.43. The maximum atomic E-state index is 10.9. The number of nitro groups is 2. The van der Waals surface area contributed by atoms with Crippen molar-refractivity contribution in [3.8, 4) is 5.75 Å². The average Bonchev–Trinajstić information content (AvgIpc) is 2.26. The summed E-state index contributed by atoms with van der Waals surface area (Å²) in [7, 11) is 4.29. The molecular weight excluding hydrogens is 230 g/mol. The molecule has 0 atom stereocenters. The Hall–Kier alpha value is -2.38. The highest BCUT2D eigenvalue weighted by Crippen LogP contribution is 2.39. The lowest BCUT2D eigenvalue weighted by Crippen LogP contribution is -2.13. The van der Waals surface area contributed by atoms with E-state index < -0.39 is 9.85 Å². The molecule has 8 nitrogen and oxygen atoms in total. The second-order valence-electron chi connectivity index (χ2n) is 3.42. The lowest BCUT2D eigenvalue weighted by Gasteiger charge is -2.13. The summed E-state index contributed by atoms with van der Waals surface area (Å²) in [5.74, 6) is 0.0778. The van der Waals surface area contributed by atoms with Gasteiger partial charge in [0, 0.05) is 14.1 Å². The van der Waals surface area contributed by atoms with Crippen LogP contribution < -0.4 is 9.64 Å². The largest absolute Gasteiger partial charge is 0.496 e. The average molecular weight is 241 g/mol. The summed E-state index contributed by atoms with van der Waals surface area (Å²) in [6.45, 7) is 0. The quantitative estimate of drug-likeness (QED) is 0.586. The zero-order chi connectivity index (χ0) is 13.2. The first-order chi connectivity index (χ1) is 7.88. The number of hydrogen-bond acceptors (Lipinski definition) is 6. The van der Waals surface area contributed by atoms with E-state index in [-0.39, 0.29) is 22.8 Å². The molecule has 0 heterocycles. The Morgan fingerprint density at radius 3 is 1.76 bits per heavy atom. The van der Waals surface area contributed by atoms with E-state index >= 15 is 0 Å². The van der Waals surface area contributed by atoms with Gasteiger partial charge in [-0.1, -0.05) is 0 Å². The second kappa shape index (κ2) is 4.64. The van der Waals surface area contributed by atoms with Gasteiger partial charge in [0.2, 0.25) is 0 Å². The van der Waals surface area contributed by atoms with Gasteiger partial charge in [0.05, 0.1) is 29.1 Å². The van der Waals surface area contributed by atoms with E-state index in [1.807, 2.05) is 0 Å². The normalized spacial score (nSPS) is 9.82. The van der Waals surface area contributed by atoms with Crippen molar-refractivity contribution in [3.05, 3.63) is 32.4 Å². The zero-order valence-electron chi connectivity index (χ0n) is 9.54. The van der Waals surface area contributed by atoms with Gasteiger partial charge < -0.3 is 9.64 Å². The Labute approximate surface area is 96.7 Å². The van der Waals surface area contributed by atoms with Crippen LogP contribution in [-0.2, 0) is 0 Å². The number of rotatable bonds is 4. The van der Waals surface area contributed by atoms with Gasteiger partial charge >= 0.3 is 11.4 Å². The molecule has 1 aromatic carbocycles. The second-order valence-corrected chi connectivity index (χ2v) is 3.42. The predicted molar refractivity (Wildman–Crippen MR) is 60.6 cm³/mol. The van der Waals surface area contributed by atoms with Gasteiger partial charge in [-0.25, -0.2) is 0 Å². The van der Waals surface area contributed by atoms with Crippen LogP contribution in [0.25, 0.3) is 0 Å². The highest BCUT2D eigenvalue weighted by molar-refractivity contribution is 5.76. The van der Waals surface area contributed by atoms with Crippen LogP contribution in [0.1, 0.15) is 0 Å². The highest BCUT2D eigenvalue weighted by Gasteiger charge is 2.28. The molecule has 0 spiro atoms. The minimum atomic E-state index is -0.676. The lowest BCUT2D eigenvalue weighted by atomic mass is 10.2. The van der Waals surface area contributed by atoms with Crippen molar-refractivity contribution < 1.29 is 14.6 Å². The molecule has 0 unspecified atom stereocenters. The molecule has 17 heavy (non-hydrogen) atoms. The molecule has 0 radical (unpaired) electrons. The smallest absolute Gasteiger partial charge is 0.303 e. The number of nitrogens with zero attached hydrogens (tertiary/aromatic N) is 3. The number of benzene rings is 1. The molecule has 1 rings (SSSR count). The molecule has 1 aromatic rings. The van der Waals surface area contributed by atoms with Crippen molar-refractivity contribution in [2.45, 2.75) is 0 Å². The van der Waals surface area contributed by atoms with Crippen LogP contribution in [0.15, 0.2) is 12.1 Å². The van der Waals surface area contributed by atoms with Crippen LogP contribution in [0, 0.1) is 20.2 Å². The van der Waals surface area contributed by atoms with Gasteiger partial charge in [0.15, 0.2) is 5.69 Å². The fourth-order valence-corrected chi connectivity index (χ4v) is 1.43. The van der Waals surface area contributed by atoms with Crippen molar-refractivity contribution in [3.63, 3.8) is 0 Å². The number of hydrogen-bond donors (Lipinski definition) is 0. The van der Waals surface area contributed by atoms with Crippen molar-refractivity contribution in [1.82, 2.24) is 0 Å². The number of methoxy groups -OCH3 is 1. The van der Waals surface area contributed by atoms with E-state index in [2.05, 4.69) is 0 Å². The molecule has 0 aliphatic carbocycles. The Balaban J connectivity index is 3.61. The summed E-state index contributed by atoms with van der Waals surface area (Å²) >= 11 is 0. The third-order valence-corrected chi connectivity index (χ3v) is 2.12. The molecule has 0 aliphatic heterocycles. The summed E-state index contributed by atoms with van der Waals surface area (Å²) < 4.78 is 4.80. The van der Waals surface area contributed by atoms with Crippen LogP contribution in [0.4, 0.5) is 17.1 Å². The number of anilines is 1. The Morgan fingerprint density at radius 1 is 1.12 bits per heavy atom. The van der Waals surface area contributed by atoms with Crippen LogP contribution >= 0.6 is 0 Å². The van der Waals surface area contributed by atoms with Gasteiger partial charge in [0.25, 0.3) is 0 Å². The third-order valence-electron chi connectivity index (χ3n) is 2.12. The van der Waals surface area contributed by atoms with Gasteiger partial charge in [-0.2, -0.15) is 0 Å². The van der Waals surface area contributed by atoms with Gasteiger partial charge in [-0.3, -0.25) is 20.2 Å². The van der Waals surface area contributed by atoms with Gasteiger partial charge in [-0.05, 0) is 0 Å². The summed E-state index contributed by atoms with van der Waals surface area (Å²) in [5.41, 5.74) is -0.775. The Bertz CT molecular complexity index is 437. The van der Waals surface area contributed by atoms with E-state index in [4.69, 9.17) is 4.74 Å². The first-order valence-corrected chi connectivity index (χ1v) is 4.56. The monoisotopic (exact) mass is 241 g/mol. The molecule has 0 N–H and O–H groups in total. The molecule has 8 heteroatoms. The molecular formula is C9H11N3O5. The molecule has 0 amide bonds. The Kier molecular flexibility index (Phi) is 3.46. The van der Waals surface area contributed by atoms with Gasteiger partial charge in [0.1, 0.15) is 5.75 Å². The first-order valence-electron chi connectivity index (χ1n) is 4.56. The Morgan fingerprint density at radius 2 is 1.53 bits per heavy atom. The van der Waals surface area contributed by atoms with Gasteiger partial charge in [-0.15, -0.1) is 0 Å². The van der Waals surface area contributed by atoms with Crippen molar-refractivity contribution >= 4 is 17.1 Å². The van der Waals surface area contributed by atoms with E-state index in [0.717, 1.165) is 12.1 Å². The maximum Gasteiger partial charge on any atom is 0.303 e. The van der Waals surface area contributed by atoms with Crippen LogP contribution in [0.3, 0.4) is 0 Å². The van der Waals surface area contributed by atoms with Crippen LogP contribution in [0.5, 0.6) is 5.75 Å². The zero-order valence-corrected chi connectivity index (χ0v) is 9.54. The minimum Gasteiger partial charge on any atom is -0.496 e. The highest BCUT2D eigenvalue weighted by atomic mass is 16.6. The molecule has 92 valence electrons. The predicted octanol–water partition coefficient (Wildman–Crippen LogP) is 1.58. The van der Waals surface area contributed by atoms with Crippen LogP contribution in [-0.4, -0.2) is 31.1 Å². The molecule has 0 aromatic heterocycles. The molecule has 0 saturated heterocycles.